The number of hydrogen-bond acceptors (Lipinski definition) is 3. The van der Waals surface area contributed by atoms with E-state index < -0.39 is 10.0 Å². The molecule has 1 unspecified atom stereocenters. The number of nitrogens with one attached hydrogen (secondary N) is 1. The summed E-state index contributed by atoms with van der Waals surface area (Å²) in [5.74, 6) is 0.806. The van der Waals surface area contributed by atoms with Gasteiger partial charge in [-0.2, -0.15) is 4.31 Å². The highest BCUT2D eigenvalue weighted by Gasteiger charge is 2.27. The minimum atomic E-state index is -3.01. The summed E-state index contributed by atoms with van der Waals surface area (Å²) in [7, 11) is -3.01. The fourth-order valence-corrected chi connectivity index (χ4v) is 3.95. The first-order valence-corrected chi connectivity index (χ1v) is 8.59. The number of rotatable bonds is 3. The van der Waals surface area contributed by atoms with E-state index in [0.29, 0.717) is 19.1 Å². The number of hydrogen-bond donors (Lipinski definition) is 1. The van der Waals surface area contributed by atoms with E-state index in [9.17, 15) is 8.42 Å². The third-order valence-corrected chi connectivity index (χ3v) is 5.30. The lowest BCUT2D eigenvalue weighted by Gasteiger charge is -2.34. The van der Waals surface area contributed by atoms with Gasteiger partial charge in [-0.25, -0.2) is 8.42 Å². The second-order valence-corrected chi connectivity index (χ2v) is 7.49. The monoisotopic (exact) mass is 260 g/mol. The minimum absolute atomic E-state index is 0.363. The van der Waals surface area contributed by atoms with Crippen LogP contribution in [0.5, 0.6) is 0 Å². The van der Waals surface area contributed by atoms with Gasteiger partial charge in [0.1, 0.15) is 0 Å². The predicted octanol–water partition coefficient (Wildman–Crippen LogP) is 1.19. The van der Waals surface area contributed by atoms with Gasteiger partial charge in [0.25, 0.3) is 0 Å². The zero-order valence-electron chi connectivity index (χ0n) is 10.7. The quantitative estimate of drug-likeness (QED) is 0.829. The van der Waals surface area contributed by atoms with E-state index in [0.717, 1.165) is 18.9 Å². The molecular weight excluding hydrogens is 236 g/mol. The van der Waals surface area contributed by atoms with Gasteiger partial charge in [-0.1, -0.05) is 32.1 Å². The van der Waals surface area contributed by atoms with E-state index in [1.54, 1.807) is 4.31 Å². The normalized spacial score (nSPS) is 29.4. The zero-order valence-corrected chi connectivity index (χ0v) is 11.5. The Balaban J connectivity index is 1.84. The molecule has 1 N–H and O–H groups in total. The van der Waals surface area contributed by atoms with E-state index in [4.69, 9.17) is 0 Å². The van der Waals surface area contributed by atoms with Gasteiger partial charge in [-0.3, -0.25) is 0 Å². The highest BCUT2D eigenvalue weighted by molar-refractivity contribution is 7.88. The van der Waals surface area contributed by atoms with Gasteiger partial charge in [0.15, 0.2) is 0 Å². The molecule has 0 amide bonds. The molecule has 1 saturated carbocycles. The van der Waals surface area contributed by atoms with Crippen molar-refractivity contribution in [1.82, 2.24) is 9.62 Å². The molecule has 0 radical (unpaired) electrons. The van der Waals surface area contributed by atoms with Crippen LogP contribution in [0.2, 0.25) is 0 Å². The van der Waals surface area contributed by atoms with Crippen LogP contribution in [0.25, 0.3) is 0 Å². The Morgan fingerprint density at radius 1 is 1.24 bits per heavy atom. The van der Waals surface area contributed by atoms with Crippen LogP contribution in [0.15, 0.2) is 0 Å². The van der Waals surface area contributed by atoms with Gasteiger partial charge in [-0.05, 0) is 12.3 Å². The number of sulfonamides is 1. The van der Waals surface area contributed by atoms with Crippen LogP contribution < -0.4 is 5.32 Å². The summed E-state index contributed by atoms with van der Waals surface area (Å²) < 4.78 is 24.7. The second-order valence-electron chi connectivity index (χ2n) is 5.51. The maximum atomic E-state index is 11.5. The molecule has 0 bridgehead atoms. The van der Waals surface area contributed by atoms with Crippen molar-refractivity contribution in [3.63, 3.8) is 0 Å². The molecule has 1 aliphatic carbocycles. The minimum Gasteiger partial charge on any atom is -0.311 e. The van der Waals surface area contributed by atoms with Crippen molar-refractivity contribution in [1.29, 1.82) is 0 Å². The van der Waals surface area contributed by atoms with Crippen LogP contribution in [0.1, 0.15) is 38.5 Å². The van der Waals surface area contributed by atoms with Crippen molar-refractivity contribution in [2.24, 2.45) is 5.92 Å². The van der Waals surface area contributed by atoms with E-state index in [1.807, 2.05) is 0 Å². The molecule has 2 aliphatic rings. The van der Waals surface area contributed by atoms with E-state index >= 15 is 0 Å². The molecule has 5 heteroatoms. The Hall–Kier alpha value is -0.130. The van der Waals surface area contributed by atoms with Crippen molar-refractivity contribution in [2.75, 3.05) is 25.9 Å². The summed E-state index contributed by atoms with van der Waals surface area (Å²) >= 11 is 0. The average molecular weight is 260 g/mol. The van der Waals surface area contributed by atoms with Crippen LogP contribution in [0, 0.1) is 5.92 Å². The molecule has 1 aliphatic heterocycles. The van der Waals surface area contributed by atoms with Crippen molar-refractivity contribution >= 4 is 10.0 Å². The van der Waals surface area contributed by atoms with Gasteiger partial charge < -0.3 is 5.32 Å². The molecule has 17 heavy (non-hydrogen) atoms. The van der Waals surface area contributed by atoms with Gasteiger partial charge in [0, 0.05) is 25.7 Å². The molecule has 0 spiro atoms. The summed E-state index contributed by atoms with van der Waals surface area (Å²) in [6, 6.07) is 0.363. The smallest absolute Gasteiger partial charge is 0.211 e. The average Bonchev–Trinajstić information content (AvgIpc) is 2.29. The van der Waals surface area contributed by atoms with Crippen LogP contribution >= 0.6 is 0 Å². The Labute approximate surface area is 105 Å². The molecule has 1 atom stereocenters. The van der Waals surface area contributed by atoms with Crippen LogP contribution in [0.4, 0.5) is 0 Å². The Bertz CT molecular complexity index is 336. The molecule has 0 aromatic rings. The molecule has 2 fully saturated rings. The molecule has 0 aromatic heterocycles. The summed E-state index contributed by atoms with van der Waals surface area (Å²) in [5, 5.41) is 3.46. The van der Waals surface area contributed by atoms with E-state index in [2.05, 4.69) is 5.32 Å². The first-order valence-electron chi connectivity index (χ1n) is 6.74. The zero-order chi connectivity index (χ0) is 12.3. The first kappa shape index (κ1) is 13.3. The summed E-state index contributed by atoms with van der Waals surface area (Å²) in [6.07, 6.45) is 9.21. The van der Waals surface area contributed by atoms with Crippen LogP contribution in [-0.2, 0) is 10.0 Å². The lowest BCUT2D eigenvalue weighted by molar-refractivity contribution is 0.238. The summed E-state index contributed by atoms with van der Waals surface area (Å²) in [5.41, 5.74) is 0. The number of nitrogens with zero attached hydrogens (tertiary/aromatic N) is 1. The van der Waals surface area contributed by atoms with E-state index in [1.165, 1.54) is 38.4 Å². The molecule has 1 saturated heterocycles. The molecular formula is C12H24N2O2S. The molecule has 100 valence electrons. The fourth-order valence-electron chi connectivity index (χ4n) is 3.08. The van der Waals surface area contributed by atoms with Crippen molar-refractivity contribution in [3.8, 4) is 0 Å². The van der Waals surface area contributed by atoms with Crippen molar-refractivity contribution < 1.29 is 8.42 Å². The van der Waals surface area contributed by atoms with Crippen LogP contribution in [-0.4, -0.2) is 44.7 Å². The SMILES string of the molecule is CS(=O)(=O)N1CCNC(CC2CCCCC2)C1. The van der Waals surface area contributed by atoms with E-state index in [-0.39, 0.29) is 0 Å². The highest BCUT2D eigenvalue weighted by Crippen LogP contribution is 2.28. The van der Waals surface area contributed by atoms with Crippen molar-refractivity contribution in [3.05, 3.63) is 0 Å². The predicted molar refractivity (Wildman–Crippen MR) is 69.4 cm³/mol. The standard InChI is InChI=1S/C12H24N2O2S/c1-17(15,16)14-8-7-13-12(10-14)9-11-5-3-2-4-6-11/h11-13H,2-10H2,1H3. The Kier molecular flexibility index (Phi) is 4.44. The maximum absolute atomic E-state index is 11.5. The maximum Gasteiger partial charge on any atom is 0.211 e. The lowest BCUT2D eigenvalue weighted by Crippen LogP contribution is -2.52. The van der Waals surface area contributed by atoms with Gasteiger partial charge in [0.05, 0.1) is 6.26 Å². The summed E-state index contributed by atoms with van der Waals surface area (Å²) in [4.78, 5) is 0. The largest absolute Gasteiger partial charge is 0.311 e. The summed E-state index contributed by atoms with van der Waals surface area (Å²) in [6.45, 7) is 2.08. The lowest BCUT2D eigenvalue weighted by atomic mass is 9.84. The first-order chi connectivity index (χ1) is 8.05. The molecule has 1 heterocycles. The number of piperazine rings is 1. The second kappa shape index (κ2) is 5.67. The third kappa shape index (κ3) is 3.93. The highest BCUT2D eigenvalue weighted by atomic mass is 32.2. The molecule has 0 aromatic carbocycles. The Morgan fingerprint density at radius 2 is 1.94 bits per heavy atom. The van der Waals surface area contributed by atoms with Gasteiger partial charge in [0.2, 0.25) is 10.0 Å². The van der Waals surface area contributed by atoms with Gasteiger partial charge in [-0.15, -0.1) is 0 Å². The van der Waals surface area contributed by atoms with Gasteiger partial charge >= 0.3 is 0 Å². The Morgan fingerprint density at radius 3 is 2.59 bits per heavy atom. The molecule has 2 rings (SSSR count). The van der Waals surface area contributed by atoms with Crippen molar-refractivity contribution in [2.45, 2.75) is 44.6 Å². The third-order valence-electron chi connectivity index (χ3n) is 4.03. The molecule has 4 nitrogen and oxygen atoms in total. The topological polar surface area (TPSA) is 49.4 Å². The van der Waals surface area contributed by atoms with Crippen LogP contribution in [0.3, 0.4) is 0 Å². The fraction of sp³-hybridized carbons (Fsp3) is 1.00.